The number of nitrogens with zero attached hydrogens (tertiary/aromatic N) is 1. The van der Waals surface area contributed by atoms with Crippen molar-refractivity contribution in [1.29, 1.82) is 0 Å². The molecule has 1 aliphatic heterocycles. The van der Waals surface area contributed by atoms with Gasteiger partial charge >= 0.3 is 0 Å². The first-order chi connectivity index (χ1) is 18.7. The Kier molecular flexibility index (Phi) is 12.0. The lowest BCUT2D eigenvalue weighted by Gasteiger charge is -2.43. The predicted octanol–water partition coefficient (Wildman–Crippen LogP) is -1.54. The van der Waals surface area contributed by atoms with E-state index in [1.807, 2.05) is 60.7 Å². The van der Waals surface area contributed by atoms with E-state index in [0.717, 1.165) is 11.1 Å². The van der Waals surface area contributed by atoms with Crippen LogP contribution < -0.4 is 0 Å². The van der Waals surface area contributed by atoms with Gasteiger partial charge in [0.15, 0.2) is 6.29 Å². The molecular weight excluding hydrogens is 510 g/mol. The molecule has 0 radical (unpaired) electrons. The van der Waals surface area contributed by atoms with E-state index in [0.29, 0.717) is 6.54 Å². The minimum absolute atomic E-state index is 0.398. The lowest BCUT2D eigenvalue weighted by atomic mass is 9.95. The molecule has 1 saturated heterocycles. The maximum absolute atomic E-state index is 11.4. The van der Waals surface area contributed by atoms with Crippen LogP contribution in [0.15, 0.2) is 66.7 Å². The fraction of sp³-hybridized carbons (Fsp3) is 0.500. The molecule has 1 fully saturated rings. The highest BCUT2D eigenvalue weighted by Gasteiger charge is 2.47. The summed E-state index contributed by atoms with van der Waals surface area (Å²) in [6.07, 6.45) is -11.5. The number of hydrogen-bond acceptors (Lipinski definition) is 11. The number of rotatable bonds is 13. The third-order valence-corrected chi connectivity index (χ3v) is 6.81. The minimum atomic E-state index is -1.82. The molecule has 2 aromatic carbocycles. The summed E-state index contributed by atoms with van der Waals surface area (Å²) in [5.41, 5.74) is 1.80. The number of likely N-dealkylation sites (N-methyl/N-ethyl adjacent to an activating group) is 1. The Balaban J connectivity index is 1.86. The first-order valence-electron chi connectivity index (χ1n) is 12.8. The Hall–Kier alpha value is -2.26. The zero-order valence-electron chi connectivity index (χ0n) is 21.7. The summed E-state index contributed by atoms with van der Waals surface area (Å²) in [5, 5.41) is 82.6. The van der Waals surface area contributed by atoms with Gasteiger partial charge in [-0.15, -0.1) is 0 Å². The minimum Gasteiger partial charge on any atom is -0.394 e. The van der Waals surface area contributed by atoms with E-state index >= 15 is 0 Å². The van der Waals surface area contributed by atoms with Gasteiger partial charge in [-0.3, -0.25) is 4.90 Å². The van der Waals surface area contributed by atoms with Crippen LogP contribution in [0, 0.1) is 0 Å². The van der Waals surface area contributed by atoms with Gasteiger partial charge < -0.3 is 50.3 Å². The van der Waals surface area contributed by atoms with Crippen LogP contribution >= 0.6 is 0 Å². The normalized spacial score (nSPS) is 27.8. The highest BCUT2D eigenvalue weighted by atomic mass is 16.7. The second-order valence-electron chi connectivity index (χ2n) is 9.69. The van der Waals surface area contributed by atoms with E-state index in [-0.39, 0.29) is 0 Å². The maximum atomic E-state index is 11.4. The zero-order valence-corrected chi connectivity index (χ0v) is 21.7. The summed E-state index contributed by atoms with van der Waals surface area (Å²) >= 11 is 0. The van der Waals surface area contributed by atoms with Crippen molar-refractivity contribution in [2.24, 2.45) is 0 Å². The molecule has 39 heavy (non-hydrogen) atoms. The molecule has 3 rings (SSSR count). The van der Waals surface area contributed by atoms with Crippen LogP contribution in [0.3, 0.4) is 0 Å². The largest absolute Gasteiger partial charge is 0.394 e. The van der Waals surface area contributed by atoms with E-state index in [1.54, 1.807) is 24.1 Å². The Labute approximate surface area is 227 Å². The molecule has 0 bridgehead atoms. The SMILES string of the molecule is CN(Cc1ccccc1)[C@@H](/C=C/c1ccccc1)[C@H](O)[C@@H](O)[C@H](O[C@H]1O[C@H](CO)[C@@H](O)[C@H](O)[C@H]1O)[C@H](O)CO. The molecule has 11 heteroatoms. The van der Waals surface area contributed by atoms with Crippen LogP contribution in [0.1, 0.15) is 11.1 Å². The molecule has 10 atom stereocenters. The van der Waals surface area contributed by atoms with Gasteiger partial charge in [-0.1, -0.05) is 72.8 Å². The maximum Gasteiger partial charge on any atom is 0.187 e. The van der Waals surface area contributed by atoms with Crippen molar-refractivity contribution in [3.8, 4) is 0 Å². The summed E-state index contributed by atoms with van der Waals surface area (Å²) in [7, 11) is 1.75. The average molecular weight is 550 g/mol. The quantitative estimate of drug-likeness (QED) is 0.145. The highest BCUT2D eigenvalue weighted by molar-refractivity contribution is 5.49. The Morgan fingerprint density at radius 3 is 2.08 bits per heavy atom. The predicted molar refractivity (Wildman–Crippen MR) is 141 cm³/mol. The number of aliphatic hydroxyl groups is 8. The molecular formula is C28H39NO10. The van der Waals surface area contributed by atoms with E-state index in [4.69, 9.17) is 9.47 Å². The zero-order chi connectivity index (χ0) is 28.5. The number of hydrogen-bond donors (Lipinski definition) is 8. The number of ether oxygens (including phenoxy) is 2. The van der Waals surface area contributed by atoms with Crippen LogP contribution in [0.2, 0.25) is 0 Å². The first kappa shape index (κ1) is 31.3. The number of benzene rings is 2. The van der Waals surface area contributed by atoms with Crippen LogP contribution in [-0.4, -0.2) is 127 Å². The summed E-state index contributed by atoms with van der Waals surface area (Å²) in [4.78, 5) is 1.79. The first-order valence-corrected chi connectivity index (χ1v) is 12.8. The molecule has 8 N–H and O–H groups in total. The van der Waals surface area contributed by atoms with Gasteiger partial charge in [0.25, 0.3) is 0 Å². The van der Waals surface area contributed by atoms with Gasteiger partial charge in [0.05, 0.1) is 19.3 Å². The Morgan fingerprint density at radius 2 is 1.49 bits per heavy atom. The Bertz CT molecular complexity index is 994. The smallest absolute Gasteiger partial charge is 0.187 e. The molecule has 0 aliphatic carbocycles. The molecule has 0 amide bonds. The van der Waals surface area contributed by atoms with E-state index in [1.165, 1.54) is 0 Å². The van der Waals surface area contributed by atoms with Gasteiger partial charge in [0, 0.05) is 6.54 Å². The molecule has 1 aliphatic rings. The van der Waals surface area contributed by atoms with Crippen LogP contribution in [0.25, 0.3) is 6.08 Å². The molecule has 0 saturated carbocycles. The van der Waals surface area contributed by atoms with Crippen molar-refractivity contribution >= 4 is 6.08 Å². The van der Waals surface area contributed by atoms with Gasteiger partial charge in [-0.25, -0.2) is 0 Å². The summed E-state index contributed by atoms with van der Waals surface area (Å²) < 4.78 is 10.9. The lowest BCUT2D eigenvalue weighted by molar-refractivity contribution is -0.327. The summed E-state index contributed by atoms with van der Waals surface area (Å²) in [5.74, 6) is 0. The topological polar surface area (TPSA) is 184 Å². The molecule has 1 heterocycles. The van der Waals surface area contributed by atoms with Gasteiger partial charge in [-0.05, 0) is 18.2 Å². The van der Waals surface area contributed by atoms with E-state index < -0.39 is 74.4 Å². The Morgan fingerprint density at radius 1 is 0.872 bits per heavy atom. The van der Waals surface area contributed by atoms with Crippen molar-refractivity contribution in [3.05, 3.63) is 77.9 Å². The third-order valence-electron chi connectivity index (χ3n) is 6.81. The van der Waals surface area contributed by atoms with Crippen LogP contribution in [0.4, 0.5) is 0 Å². The van der Waals surface area contributed by atoms with Crippen molar-refractivity contribution in [1.82, 2.24) is 4.90 Å². The fourth-order valence-electron chi connectivity index (χ4n) is 4.51. The number of aliphatic hydroxyl groups excluding tert-OH is 8. The second-order valence-corrected chi connectivity index (χ2v) is 9.69. The lowest BCUT2D eigenvalue weighted by Crippen LogP contribution is -2.62. The van der Waals surface area contributed by atoms with Crippen molar-refractivity contribution in [2.75, 3.05) is 20.3 Å². The monoisotopic (exact) mass is 549 g/mol. The summed E-state index contributed by atoms with van der Waals surface area (Å²) in [6.45, 7) is -1.18. The molecule has 0 aromatic heterocycles. The van der Waals surface area contributed by atoms with Gasteiger partial charge in [-0.2, -0.15) is 0 Å². The van der Waals surface area contributed by atoms with Crippen LogP contribution in [0.5, 0.6) is 0 Å². The molecule has 0 unspecified atom stereocenters. The van der Waals surface area contributed by atoms with Gasteiger partial charge in [0.2, 0.25) is 0 Å². The van der Waals surface area contributed by atoms with Crippen LogP contribution in [-0.2, 0) is 16.0 Å². The fourth-order valence-corrected chi connectivity index (χ4v) is 4.51. The second kappa shape index (κ2) is 14.9. The highest BCUT2D eigenvalue weighted by Crippen LogP contribution is 2.26. The summed E-state index contributed by atoms with van der Waals surface area (Å²) in [6, 6.07) is 18.0. The standard InChI is InChI=1S/C28H39NO10/c1-29(14-18-10-6-3-7-11-18)19(13-12-17-8-4-2-5-9-17)22(33)25(36)27(20(32)15-30)39-28-26(37)24(35)23(34)21(16-31)38-28/h2-13,19-28,30-37H,14-16H2,1H3/b13-12+/t19-,20+,21+,22-,23+,24-,25+,26+,27+,28+/m0/s1. The average Bonchev–Trinajstić information content (AvgIpc) is 2.96. The van der Waals surface area contributed by atoms with E-state index in [9.17, 15) is 40.9 Å². The van der Waals surface area contributed by atoms with Crippen molar-refractivity contribution in [2.45, 2.75) is 67.7 Å². The third kappa shape index (κ3) is 8.13. The molecule has 216 valence electrons. The van der Waals surface area contributed by atoms with Crippen molar-refractivity contribution in [3.63, 3.8) is 0 Å². The molecule has 0 spiro atoms. The van der Waals surface area contributed by atoms with Crippen molar-refractivity contribution < 1.29 is 50.3 Å². The molecule has 11 nitrogen and oxygen atoms in total. The molecule has 2 aromatic rings. The van der Waals surface area contributed by atoms with E-state index in [2.05, 4.69) is 0 Å². The van der Waals surface area contributed by atoms with Gasteiger partial charge in [0.1, 0.15) is 48.8 Å².